The molecule has 1 aliphatic heterocycles. The molecule has 2 N–H and O–H groups in total. The third kappa shape index (κ3) is 6.11. The van der Waals surface area contributed by atoms with E-state index in [0.29, 0.717) is 42.1 Å². The smallest absolute Gasteiger partial charge is 0.253 e. The number of methoxy groups -OCH3 is 1. The maximum absolute atomic E-state index is 12.9. The summed E-state index contributed by atoms with van der Waals surface area (Å²) in [4.78, 5) is 25.3. The van der Waals surface area contributed by atoms with Gasteiger partial charge in [0.05, 0.1) is 23.3 Å². The molecule has 1 saturated heterocycles. The SMILES string of the molecule is COc1ccc(S(=O)(=O)N2CCCC2)cc1CCC(=O)Nc1ccccc1C(=O)NC(C)C. The van der Waals surface area contributed by atoms with Crippen LogP contribution in [0.4, 0.5) is 5.69 Å². The summed E-state index contributed by atoms with van der Waals surface area (Å²) < 4.78 is 32.7. The van der Waals surface area contributed by atoms with Gasteiger partial charge in [-0.25, -0.2) is 8.42 Å². The number of aryl methyl sites for hydroxylation is 1. The predicted molar refractivity (Wildman–Crippen MR) is 127 cm³/mol. The highest BCUT2D eigenvalue weighted by Gasteiger charge is 2.28. The third-order valence-electron chi connectivity index (χ3n) is 5.44. The summed E-state index contributed by atoms with van der Waals surface area (Å²) in [7, 11) is -2.05. The van der Waals surface area contributed by atoms with E-state index in [1.165, 1.54) is 11.4 Å². The van der Waals surface area contributed by atoms with Crippen molar-refractivity contribution < 1.29 is 22.7 Å². The molecule has 3 rings (SSSR count). The van der Waals surface area contributed by atoms with Crippen molar-refractivity contribution >= 4 is 27.5 Å². The van der Waals surface area contributed by atoms with Crippen molar-refractivity contribution in [2.45, 2.75) is 50.5 Å². The highest BCUT2D eigenvalue weighted by atomic mass is 32.2. The van der Waals surface area contributed by atoms with Gasteiger partial charge in [-0.05, 0) is 69.0 Å². The maximum Gasteiger partial charge on any atom is 0.253 e. The van der Waals surface area contributed by atoms with Gasteiger partial charge in [-0.15, -0.1) is 0 Å². The number of carbonyl (C=O) groups excluding carboxylic acids is 2. The lowest BCUT2D eigenvalue weighted by Crippen LogP contribution is -2.31. The first-order valence-corrected chi connectivity index (χ1v) is 12.5. The fourth-order valence-electron chi connectivity index (χ4n) is 3.78. The number of benzene rings is 2. The zero-order chi connectivity index (χ0) is 24.0. The average Bonchev–Trinajstić information content (AvgIpc) is 3.33. The Balaban J connectivity index is 1.72. The van der Waals surface area contributed by atoms with Gasteiger partial charge in [-0.2, -0.15) is 4.31 Å². The molecule has 2 aromatic rings. The van der Waals surface area contributed by atoms with E-state index in [1.54, 1.807) is 42.5 Å². The van der Waals surface area contributed by atoms with Crippen LogP contribution in [-0.4, -0.2) is 50.8 Å². The molecule has 33 heavy (non-hydrogen) atoms. The first-order valence-electron chi connectivity index (χ1n) is 11.1. The summed E-state index contributed by atoms with van der Waals surface area (Å²) in [6.07, 6.45) is 2.11. The highest BCUT2D eigenvalue weighted by molar-refractivity contribution is 7.89. The van der Waals surface area contributed by atoms with E-state index in [0.717, 1.165) is 12.8 Å². The molecule has 178 valence electrons. The number of sulfonamides is 1. The molecule has 2 aromatic carbocycles. The van der Waals surface area contributed by atoms with Gasteiger partial charge in [0, 0.05) is 25.6 Å². The Labute approximate surface area is 195 Å². The van der Waals surface area contributed by atoms with Gasteiger partial charge >= 0.3 is 0 Å². The lowest BCUT2D eigenvalue weighted by atomic mass is 10.1. The second kappa shape index (κ2) is 10.8. The van der Waals surface area contributed by atoms with Crippen molar-refractivity contribution in [3.63, 3.8) is 0 Å². The zero-order valence-electron chi connectivity index (χ0n) is 19.3. The largest absolute Gasteiger partial charge is 0.496 e. The van der Waals surface area contributed by atoms with Gasteiger partial charge in [0.1, 0.15) is 5.75 Å². The summed E-state index contributed by atoms with van der Waals surface area (Å²) in [5.41, 5.74) is 1.45. The molecule has 0 spiro atoms. The number of hydrogen-bond acceptors (Lipinski definition) is 5. The second-order valence-corrected chi connectivity index (χ2v) is 10.2. The molecular weight excluding hydrogens is 442 g/mol. The van der Waals surface area contributed by atoms with Gasteiger partial charge in [0.15, 0.2) is 0 Å². The Hall–Kier alpha value is -2.91. The van der Waals surface area contributed by atoms with E-state index >= 15 is 0 Å². The van der Waals surface area contributed by atoms with Crippen LogP contribution in [0.15, 0.2) is 47.4 Å². The number of hydrogen-bond donors (Lipinski definition) is 2. The van der Waals surface area contributed by atoms with E-state index in [-0.39, 0.29) is 29.2 Å². The summed E-state index contributed by atoms with van der Waals surface area (Å²) in [5.74, 6) is -0.0167. The molecule has 0 aliphatic carbocycles. The van der Waals surface area contributed by atoms with Crippen LogP contribution in [-0.2, 0) is 21.2 Å². The lowest BCUT2D eigenvalue weighted by Gasteiger charge is -2.17. The minimum absolute atomic E-state index is 0.0298. The minimum atomic E-state index is -3.57. The number of nitrogens with one attached hydrogen (secondary N) is 2. The van der Waals surface area contributed by atoms with Gasteiger partial charge in [-0.1, -0.05) is 12.1 Å². The molecule has 1 heterocycles. The van der Waals surface area contributed by atoms with Gasteiger partial charge in [0.25, 0.3) is 5.91 Å². The quantitative estimate of drug-likeness (QED) is 0.582. The van der Waals surface area contributed by atoms with Crippen molar-refractivity contribution in [3.8, 4) is 5.75 Å². The summed E-state index contributed by atoms with van der Waals surface area (Å²) in [6.45, 7) is 4.78. The van der Waals surface area contributed by atoms with Crippen LogP contribution in [0.2, 0.25) is 0 Å². The Morgan fingerprint density at radius 1 is 1.09 bits per heavy atom. The van der Waals surface area contributed by atoms with Crippen LogP contribution in [0, 0.1) is 0 Å². The average molecular weight is 474 g/mol. The van der Waals surface area contributed by atoms with Gasteiger partial charge < -0.3 is 15.4 Å². The molecule has 1 aliphatic rings. The number of carbonyl (C=O) groups is 2. The number of amides is 2. The Bertz CT molecular complexity index is 1110. The second-order valence-electron chi connectivity index (χ2n) is 8.31. The van der Waals surface area contributed by atoms with Crippen LogP contribution in [0.3, 0.4) is 0 Å². The number of rotatable bonds is 9. The molecule has 1 fully saturated rings. The summed E-state index contributed by atoms with van der Waals surface area (Å²) >= 11 is 0. The third-order valence-corrected chi connectivity index (χ3v) is 7.34. The highest BCUT2D eigenvalue weighted by Crippen LogP contribution is 2.27. The number of nitrogens with zero attached hydrogens (tertiary/aromatic N) is 1. The van der Waals surface area contributed by atoms with E-state index in [9.17, 15) is 18.0 Å². The van der Waals surface area contributed by atoms with Gasteiger partial charge in [0.2, 0.25) is 15.9 Å². The zero-order valence-corrected chi connectivity index (χ0v) is 20.1. The van der Waals surface area contributed by atoms with Crippen LogP contribution in [0.25, 0.3) is 0 Å². The first kappa shape index (κ1) is 24.7. The molecule has 2 amide bonds. The number of anilines is 1. The monoisotopic (exact) mass is 473 g/mol. The number of para-hydroxylation sites is 1. The van der Waals surface area contributed by atoms with E-state index in [1.807, 2.05) is 13.8 Å². The Morgan fingerprint density at radius 3 is 2.45 bits per heavy atom. The molecule has 0 aromatic heterocycles. The van der Waals surface area contributed by atoms with E-state index < -0.39 is 10.0 Å². The Morgan fingerprint density at radius 2 is 1.79 bits per heavy atom. The molecule has 0 saturated carbocycles. The fraction of sp³-hybridized carbons (Fsp3) is 0.417. The lowest BCUT2D eigenvalue weighted by molar-refractivity contribution is -0.116. The molecule has 0 radical (unpaired) electrons. The first-order chi connectivity index (χ1) is 15.7. The van der Waals surface area contributed by atoms with Crippen LogP contribution in [0.1, 0.15) is 49.0 Å². The van der Waals surface area contributed by atoms with Crippen LogP contribution < -0.4 is 15.4 Å². The molecule has 9 heteroatoms. The van der Waals surface area contributed by atoms with E-state index in [4.69, 9.17) is 4.74 Å². The maximum atomic E-state index is 12.9. The molecule has 8 nitrogen and oxygen atoms in total. The van der Waals surface area contributed by atoms with Gasteiger partial charge in [-0.3, -0.25) is 9.59 Å². The predicted octanol–water partition coefficient (Wildman–Crippen LogP) is 3.19. The molecule has 0 unspecified atom stereocenters. The normalized spacial score (nSPS) is 14.3. The van der Waals surface area contributed by atoms with Crippen molar-refractivity contribution in [3.05, 3.63) is 53.6 Å². The van der Waals surface area contributed by atoms with Crippen molar-refractivity contribution in [2.75, 3.05) is 25.5 Å². The van der Waals surface area contributed by atoms with E-state index in [2.05, 4.69) is 10.6 Å². The standard InChI is InChI=1S/C24H31N3O5S/c1-17(2)25-24(29)20-8-4-5-9-21(20)26-23(28)13-10-18-16-19(11-12-22(18)32-3)33(30,31)27-14-6-7-15-27/h4-5,8-9,11-12,16-17H,6-7,10,13-15H2,1-3H3,(H,25,29)(H,26,28). The topological polar surface area (TPSA) is 105 Å². The minimum Gasteiger partial charge on any atom is -0.496 e. The summed E-state index contributed by atoms with van der Waals surface area (Å²) in [6, 6.07) is 11.5. The number of ether oxygens (including phenoxy) is 1. The van der Waals surface area contributed by atoms with Crippen LogP contribution >= 0.6 is 0 Å². The van der Waals surface area contributed by atoms with Crippen LogP contribution in [0.5, 0.6) is 5.75 Å². The summed E-state index contributed by atoms with van der Waals surface area (Å²) in [5, 5.41) is 5.62. The molecule has 0 bridgehead atoms. The Kier molecular flexibility index (Phi) is 8.10. The molecule has 0 atom stereocenters. The van der Waals surface area contributed by atoms with Crippen molar-refractivity contribution in [1.29, 1.82) is 0 Å². The molecular formula is C24H31N3O5S. The fourth-order valence-corrected chi connectivity index (χ4v) is 5.35. The van der Waals surface area contributed by atoms with Crippen molar-refractivity contribution in [1.82, 2.24) is 9.62 Å². The van der Waals surface area contributed by atoms with Crippen molar-refractivity contribution in [2.24, 2.45) is 0 Å².